The van der Waals surface area contributed by atoms with Gasteiger partial charge < -0.3 is 25.2 Å². The van der Waals surface area contributed by atoms with Crippen molar-refractivity contribution >= 4 is 11.7 Å². The molecule has 1 aliphatic rings. The van der Waals surface area contributed by atoms with Crippen LogP contribution in [0.2, 0.25) is 0 Å². The molecule has 0 saturated carbocycles. The molecule has 9 heteroatoms. The van der Waals surface area contributed by atoms with Crippen LogP contribution in [0, 0.1) is 0 Å². The number of alkyl halides is 3. The van der Waals surface area contributed by atoms with Gasteiger partial charge >= 0.3 is 12.2 Å². The number of aliphatic hydroxyl groups excluding tert-OH is 2. The molecule has 0 unspecified atom stereocenters. The second kappa shape index (κ2) is 7.05. The molecular weight excluding hydrogens is 317 g/mol. The molecule has 0 aliphatic carbocycles. The Hall–Kier alpha value is -2.00. The molecule has 1 heterocycles. The van der Waals surface area contributed by atoms with Gasteiger partial charge in [-0.05, 0) is 30.7 Å². The zero-order valence-corrected chi connectivity index (χ0v) is 12.1. The van der Waals surface area contributed by atoms with Crippen LogP contribution in [-0.2, 0) is 0 Å². The van der Waals surface area contributed by atoms with Crippen molar-refractivity contribution in [2.24, 2.45) is 0 Å². The van der Waals surface area contributed by atoms with Crippen LogP contribution in [0.3, 0.4) is 0 Å². The molecule has 128 valence electrons. The van der Waals surface area contributed by atoms with Crippen molar-refractivity contribution in [3.63, 3.8) is 0 Å². The van der Waals surface area contributed by atoms with Crippen molar-refractivity contribution in [3.05, 3.63) is 24.3 Å². The third-order valence-corrected chi connectivity index (χ3v) is 3.37. The molecule has 0 spiro atoms. The van der Waals surface area contributed by atoms with E-state index in [0.29, 0.717) is 12.1 Å². The van der Waals surface area contributed by atoms with Gasteiger partial charge in [-0.15, -0.1) is 0 Å². The smallest absolute Gasteiger partial charge is 0.422 e. The zero-order chi connectivity index (χ0) is 17.0. The van der Waals surface area contributed by atoms with E-state index in [2.05, 4.69) is 10.1 Å². The number of likely N-dealkylation sites (tertiary alicyclic amines) is 1. The topological polar surface area (TPSA) is 82.0 Å². The number of carbonyl (C=O) groups is 1. The van der Waals surface area contributed by atoms with Crippen molar-refractivity contribution in [1.29, 1.82) is 0 Å². The van der Waals surface area contributed by atoms with Gasteiger partial charge in [0.1, 0.15) is 5.75 Å². The first kappa shape index (κ1) is 17.4. The van der Waals surface area contributed by atoms with Gasteiger partial charge in [-0.25, -0.2) is 4.79 Å². The number of benzene rings is 1. The Morgan fingerprint density at radius 2 is 2.00 bits per heavy atom. The summed E-state index contributed by atoms with van der Waals surface area (Å²) in [5, 5.41) is 21.3. The van der Waals surface area contributed by atoms with Crippen LogP contribution in [0.15, 0.2) is 24.3 Å². The molecule has 0 aromatic heterocycles. The van der Waals surface area contributed by atoms with E-state index in [0.717, 1.165) is 0 Å². The van der Waals surface area contributed by atoms with Crippen molar-refractivity contribution in [3.8, 4) is 5.75 Å². The molecule has 2 atom stereocenters. The number of anilines is 1. The van der Waals surface area contributed by atoms with Gasteiger partial charge in [0, 0.05) is 12.2 Å². The predicted molar refractivity (Wildman–Crippen MR) is 75.2 cm³/mol. The van der Waals surface area contributed by atoms with E-state index < -0.39 is 31.0 Å². The number of ether oxygens (including phenoxy) is 1. The number of urea groups is 1. The summed E-state index contributed by atoms with van der Waals surface area (Å²) < 4.78 is 40.7. The van der Waals surface area contributed by atoms with Gasteiger partial charge in [-0.2, -0.15) is 13.2 Å². The standard InChI is InChI=1S/C14H17F3N2O4/c15-14(16,17)8-23-12-3-1-9(2-4-12)18-13(22)19-6-11(21)5-10(19)7-20/h1-4,10-11,20-21H,5-8H2,(H,18,22)/t10-,11+/m1/s1. The summed E-state index contributed by atoms with van der Waals surface area (Å²) in [6.45, 7) is -1.53. The van der Waals surface area contributed by atoms with E-state index in [1.807, 2.05) is 0 Å². The summed E-state index contributed by atoms with van der Waals surface area (Å²) in [5.41, 5.74) is 0.368. The van der Waals surface area contributed by atoms with Gasteiger partial charge in [0.25, 0.3) is 0 Å². The minimum atomic E-state index is -4.41. The Morgan fingerprint density at radius 1 is 1.35 bits per heavy atom. The molecule has 2 amide bonds. The number of halogens is 3. The van der Waals surface area contributed by atoms with Crippen LogP contribution in [-0.4, -0.2) is 59.2 Å². The quantitative estimate of drug-likeness (QED) is 0.781. The number of amides is 2. The summed E-state index contributed by atoms with van der Waals surface area (Å²) in [5.74, 6) is 0.0325. The molecule has 1 fully saturated rings. The Kier molecular flexibility index (Phi) is 5.32. The van der Waals surface area contributed by atoms with E-state index in [-0.39, 0.29) is 18.9 Å². The van der Waals surface area contributed by atoms with Gasteiger partial charge in [-0.3, -0.25) is 0 Å². The third-order valence-electron chi connectivity index (χ3n) is 3.37. The fourth-order valence-electron chi connectivity index (χ4n) is 2.31. The summed E-state index contributed by atoms with van der Waals surface area (Å²) in [6.07, 6.45) is -4.80. The highest BCUT2D eigenvalue weighted by Crippen LogP contribution is 2.22. The number of nitrogens with zero attached hydrogens (tertiary/aromatic N) is 1. The van der Waals surface area contributed by atoms with Crippen molar-refractivity contribution < 1.29 is 32.9 Å². The average Bonchev–Trinajstić information content (AvgIpc) is 2.87. The molecule has 0 radical (unpaired) electrons. The number of hydrogen-bond acceptors (Lipinski definition) is 4. The summed E-state index contributed by atoms with van der Waals surface area (Å²) in [7, 11) is 0. The largest absolute Gasteiger partial charge is 0.484 e. The van der Waals surface area contributed by atoms with Crippen molar-refractivity contribution in [1.82, 2.24) is 4.90 Å². The zero-order valence-electron chi connectivity index (χ0n) is 12.1. The Bertz CT molecular complexity index is 536. The second-order valence-corrected chi connectivity index (χ2v) is 5.24. The molecule has 1 saturated heterocycles. The van der Waals surface area contributed by atoms with Gasteiger partial charge in [-0.1, -0.05) is 0 Å². The minimum absolute atomic E-state index is 0.0325. The molecule has 1 aliphatic heterocycles. The maximum absolute atomic E-state index is 12.1. The highest BCUT2D eigenvalue weighted by molar-refractivity contribution is 5.89. The molecule has 2 rings (SSSR count). The first-order valence-electron chi connectivity index (χ1n) is 6.94. The summed E-state index contributed by atoms with van der Waals surface area (Å²) >= 11 is 0. The average molecular weight is 334 g/mol. The monoisotopic (exact) mass is 334 g/mol. The van der Waals surface area contributed by atoms with Crippen LogP contribution in [0.4, 0.5) is 23.7 Å². The number of rotatable bonds is 4. The van der Waals surface area contributed by atoms with Gasteiger partial charge in [0.2, 0.25) is 0 Å². The Balaban J connectivity index is 1.91. The van der Waals surface area contributed by atoms with E-state index in [1.54, 1.807) is 0 Å². The lowest BCUT2D eigenvalue weighted by Gasteiger charge is -2.23. The van der Waals surface area contributed by atoms with Crippen LogP contribution < -0.4 is 10.1 Å². The third kappa shape index (κ3) is 5.00. The number of carbonyl (C=O) groups excluding carboxylic acids is 1. The maximum Gasteiger partial charge on any atom is 0.422 e. The van der Waals surface area contributed by atoms with E-state index >= 15 is 0 Å². The highest BCUT2D eigenvalue weighted by Gasteiger charge is 2.33. The predicted octanol–water partition coefficient (Wildman–Crippen LogP) is 1.59. The molecule has 0 bridgehead atoms. The number of β-amino-alcohol motifs (C(OH)–C–C–N with tert-alkyl or cyclic N) is 1. The maximum atomic E-state index is 12.1. The fraction of sp³-hybridized carbons (Fsp3) is 0.500. The van der Waals surface area contributed by atoms with E-state index in [9.17, 15) is 28.2 Å². The molecular formula is C14H17F3N2O4. The first-order chi connectivity index (χ1) is 10.8. The van der Waals surface area contributed by atoms with Crippen molar-refractivity contribution in [2.75, 3.05) is 25.1 Å². The van der Waals surface area contributed by atoms with Gasteiger partial charge in [0.15, 0.2) is 6.61 Å². The molecule has 6 nitrogen and oxygen atoms in total. The summed E-state index contributed by atoms with van der Waals surface area (Å²) in [4.78, 5) is 13.4. The minimum Gasteiger partial charge on any atom is -0.484 e. The lowest BCUT2D eigenvalue weighted by molar-refractivity contribution is -0.153. The first-order valence-corrected chi connectivity index (χ1v) is 6.94. The van der Waals surface area contributed by atoms with E-state index in [1.165, 1.54) is 29.2 Å². The van der Waals surface area contributed by atoms with Crippen LogP contribution in [0.1, 0.15) is 6.42 Å². The van der Waals surface area contributed by atoms with Crippen LogP contribution in [0.5, 0.6) is 5.75 Å². The Labute approximate surface area is 130 Å². The Morgan fingerprint density at radius 3 is 2.57 bits per heavy atom. The van der Waals surface area contributed by atoms with Gasteiger partial charge in [0.05, 0.1) is 18.8 Å². The number of nitrogens with one attached hydrogen (secondary N) is 1. The SMILES string of the molecule is O=C(Nc1ccc(OCC(F)(F)F)cc1)N1C[C@@H](O)C[C@@H]1CO. The summed E-state index contributed by atoms with van der Waals surface area (Å²) in [6, 6.07) is 4.48. The fourth-order valence-corrected chi connectivity index (χ4v) is 2.31. The normalized spacial score (nSPS) is 21.3. The lowest BCUT2D eigenvalue weighted by Crippen LogP contribution is -2.40. The molecule has 23 heavy (non-hydrogen) atoms. The second-order valence-electron chi connectivity index (χ2n) is 5.24. The lowest BCUT2D eigenvalue weighted by atomic mass is 10.2. The van der Waals surface area contributed by atoms with Crippen LogP contribution >= 0.6 is 0 Å². The molecule has 3 N–H and O–H groups in total. The van der Waals surface area contributed by atoms with Crippen molar-refractivity contribution in [2.45, 2.75) is 24.7 Å². The highest BCUT2D eigenvalue weighted by atomic mass is 19.4. The van der Waals surface area contributed by atoms with Crippen LogP contribution in [0.25, 0.3) is 0 Å². The molecule has 1 aromatic carbocycles. The number of hydrogen-bond donors (Lipinski definition) is 3. The van der Waals surface area contributed by atoms with E-state index in [4.69, 9.17) is 0 Å². The number of aliphatic hydroxyl groups is 2. The molecule has 1 aromatic rings.